The number of amides is 1. The molecule has 1 N–H and O–H groups in total. The number of ketones is 1. The summed E-state index contributed by atoms with van der Waals surface area (Å²) in [5.41, 5.74) is 1.21. The van der Waals surface area contributed by atoms with Crippen LogP contribution in [-0.4, -0.2) is 35.5 Å². The van der Waals surface area contributed by atoms with E-state index < -0.39 is 29.3 Å². The van der Waals surface area contributed by atoms with Crippen LogP contribution in [0.3, 0.4) is 0 Å². The van der Waals surface area contributed by atoms with Crippen molar-refractivity contribution in [3.05, 3.63) is 89.2 Å². The second-order valence-corrected chi connectivity index (χ2v) is 8.99. The quantitative estimate of drug-likeness (QED) is 0.213. The fourth-order valence-corrected chi connectivity index (χ4v) is 5.25. The first-order valence-corrected chi connectivity index (χ1v) is 12.0. The monoisotopic (exact) mass is 504 g/mol. The van der Waals surface area contributed by atoms with Gasteiger partial charge in [-0.05, 0) is 55.5 Å². The summed E-state index contributed by atoms with van der Waals surface area (Å²) < 4.78 is 25.4. The lowest BCUT2D eigenvalue weighted by molar-refractivity contribution is -0.132. The zero-order valence-electron chi connectivity index (χ0n) is 19.4. The van der Waals surface area contributed by atoms with E-state index in [1.165, 1.54) is 47.6 Å². The number of aromatic nitrogens is 1. The Morgan fingerprint density at radius 1 is 1.11 bits per heavy atom. The van der Waals surface area contributed by atoms with Gasteiger partial charge in [-0.15, -0.1) is 0 Å². The van der Waals surface area contributed by atoms with Gasteiger partial charge in [-0.25, -0.2) is 9.37 Å². The molecular formula is C27H21FN2O5S. The number of thiazole rings is 1. The Labute approximate surface area is 210 Å². The molecule has 0 radical (unpaired) electrons. The van der Waals surface area contributed by atoms with Gasteiger partial charge in [-0.2, -0.15) is 0 Å². The third kappa shape index (κ3) is 3.97. The molecule has 1 aliphatic rings. The molecule has 1 amide bonds. The maximum Gasteiger partial charge on any atom is 0.301 e. The van der Waals surface area contributed by atoms with Crippen molar-refractivity contribution in [3.63, 3.8) is 0 Å². The molecule has 0 aliphatic carbocycles. The van der Waals surface area contributed by atoms with Crippen molar-refractivity contribution < 1.29 is 28.6 Å². The number of fused-ring (bicyclic) bond motifs is 1. The van der Waals surface area contributed by atoms with Gasteiger partial charge in [0.2, 0.25) is 0 Å². The number of para-hydroxylation sites is 1. The van der Waals surface area contributed by atoms with Crippen LogP contribution in [0.1, 0.15) is 24.1 Å². The Morgan fingerprint density at radius 2 is 1.86 bits per heavy atom. The highest BCUT2D eigenvalue weighted by molar-refractivity contribution is 7.22. The molecule has 0 bridgehead atoms. The highest BCUT2D eigenvalue weighted by Gasteiger charge is 2.49. The van der Waals surface area contributed by atoms with Crippen LogP contribution in [0.4, 0.5) is 9.52 Å². The SMILES string of the molecule is CCOc1ccc2nc(N3C(=O)C(=O)C(=C(O)c4ccc(F)cc4)[C@@H]3c3ccccc3OC)sc2c1. The molecule has 1 aromatic heterocycles. The normalized spacial score (nSPS) is 17.1. The molecule has 1 fully saturated rings. The van der Waals surface area contributed by atoms with Crippen LogP contribution in [0.2, 0.25) is 0 Å². The van der Waals surface area contributed by atoms with Gasteiger partial charge in [0.25, 0.3) is 5.78 Å². The number of hydrogen-bond acceptors (Lipinski definition) is 7. The standard InChI is InChI=1S/C27H21FN2O5S/c1-3-35-17-12-13-19-21(14-17)36-27(29-19)30-23(18-6-4-5-7-20(18)34-2)22(25(32)26(30)33)24(31)15-8-10-16(28)11-9-15/h4-14,23,31H,3H2,1-2H3/t23-/m0/s1. The first-order valence-electron chi connectivity index (χ1n) is 11.2. The van der Waals surface area contributed by atoms with E-state index in [9.17, 15) is 19.1 Å². The zero-order chi connectivity index (χ0) is 25.4. The summed E-state index contributed by atoms with van der Waals surface area (Å²) in [5, 5.41) is 11.5. The van der Waals surface area contributed by atoms with Gasteiger partial charge in [0.1, 0.15) is 29.1 Å². The van der Waals surface area contributed by atoms with Gasteiger partial charge >= 0.3 is 5.91 Å². The van der Waals surface area contributed by atoms with Crippen LogP contribution >= 0.6 is 11.3 Å². The number of hydrogen-bond donors (Lipinski definition) is 1. The topological polar surface area (TPSA) is 89.0 Å². The summed E-state index contributed by atoms with van der Waals surface area (Å²) in [6, 6.07) is 16.4. The van der Waals surface area contributed by atoms with Crippen LogP contribution in [0.25, 0.3) is 16.0 Å². The third-order valence-corrected chi connectivity index (χ3v) is 6.88. The van der Waals surface area contributed by atoms with Gasteiger partial charge < -0.3 is 14.6 Å². The minimum absolute atomic E-state index is 0.134. The Kier molecular flexibility index (Phi) is 6.15. The maximum atomic E-state index is 13.5. The first-order chi connectivity index (χ1) is 17.4. The number of aliphatic hydroxyl groups is 1. The second-order valence-electron chi connectivity index (χ2n) is 7.98. The number of aliphatic hydroxyl groups excluding tert-OH is 1. The van der Waals surface area contributed by atoms with Gasteiger partial charge in [0.15, 0.2) is 5.13 Å². The molecule has 1 atom stereocenters. The molecule has 9 heteroatoms. The largest absolute Gasteiger partial charge is 0.507 e. The summed E-state index contributed by atoms with van der Waals surface area (Å²) in [5.74, 6) is -1.51. The van der Waals surface area contributed by atoms with Crippen LogP contribution in [0, 0.1) is 5.82 Å². The van der Waals surface area contributed by atoms with E-state index in [1.807, 2.05) is 13.0 Å². The van der Waals surface area contributed by atoms with E-state index >= 15 is 0 Å². The first kappa shape index (κ1) is 23.5. The second kappa shape index (κ2) is 9.43. The molecule has 5 rings (SSSR count). The van der Waals surface area contributed by atoms with Gasteiger partial charge in [0.05, 0.1) is 29.5 Å². The summed E-state index contributed by atoms with van der Waals surface area (Å²) in [6.45, 7) is 2.39. The number of Topliss-reactive ketones (excluding diaryl/α,β-unsaturated/α-hetero) is 1. The number of halogens is 1. The number of benzene rings is 3. The predicted octanol–water partition coefficient (Wildman–Crippen LogP) is 5.47. The van der Waals surface area contributed by atoms with Crippen molar-refractivity contribution in [2.24, 2.45) is 0 Å². The average molecular weight is 505 g/mol. The van der Waals surface area contributed by atoms with Crippen molar-refractivity contribution in [1.82, 2.24) is 4.98 Å². The van der Waals surface area contributed by atoms with E-state index in [0.717, 1.165) is 4.70 Å². The Hall–Kier alpha value is -4.24. The molecule has 36 heavy (non-hydrogen) atoms. The summed E-state index contributed by atoms with van der Waals surface area (Å²) in [7, 11) is 1.48. The van der Waals surface area contributed by atoms with Crippen molar-refractivity contribution in [3.8, 4) is 11.5 Å². The lowest BCUT2D eigenvalue weighted by atomic mass is 9.94. The fraction of sp³-hybridized carbons (Fsp3) is 0.148. The number of carbonyl (C=O) groups excluding carboxylic acids is 2. The van der Waals surface area contributed by atoms with E-state index in [0.29, 0.717) is 29.2 Å². The van der Waals surface area contributed by atoms with Crippen LogP contribution < -0.4 is 14.4 Å². The predicted molar refractivity (Wildman–Crippen MR) is 135 cm³/mol. The van der Waals surface area contributed by atoms with E-state index in [2.05, 4.69) is 4.98 Å². The van der Waals surface area contributed by atoms with Crippen molar-refractivity contribution in [1.29, 1.82) is 0 Å². The fourth-order valence-electron chi connectivity index (χ4n) is 4.23. The van der Waals surface area contributed by atoms with E-state index in [1.54, 1.807) is 36.4 Å². The Bertz CT molecular complexity index is 1510. The number of rotatable bonds is 6. The molecular weight excluding hydrogens is 483 g/mol. The highest BCUT2D eigenvalue weighted by atomic mass is 32.1. The van der Waals surface area contributed by atoms with Crippen molar-refractivity contribution in [2.45, 2.75) is 13.0 Å². The van der Waals surface area contributed by atoms with Crippen molar-refractivity contribution in [2.75, 3.05) is 18.6 Å². The smallest absolute Gasteiger partial charge is 0.301 e. The van der Waals surface area contributed by atoms with Crippen LogP contribution in [0.5, 0.6) is 11.5 Å². The minimum Gasteiger partial charge on any atom is -0.507 e. The number of anilines is 1. The molecule has 0 unspecified atom stereocenters. The van der Waals surface area contributed by atoms with Crippen molar-refractivity contribution >= 4 is 44.1 Å². The third-order valence-electron chi connectivity index (χ3n) is 5.86. The minimum atomic E-state index is -1.02. The number of methoxy groups -OCH3 is 1. The number of carbonyl (C=O) groups is 2. The van der Waals surface area contributed by atoms with Crippen LogP contribution in [0.15, 0.2) is 72.3 Å². The molecule has 2 heterocycles. The molecule has 7 nitrogen and oxygen atoms in total. The molecule has 182 valence electrons. The van der Waals surface area contributed by atoms with Gasteiger partial charge in [-0.3, -0.25) is 14.5 Å². The summed E-state index contributed by atoms with van der Waals surface area (Å²) in [6.07, 6.45) is 0. The molecule has 0 saturated carbocycles. The summed E-state index contributed by atoms with van der Waals surface area (Å²) >= 11 is 1.23. The summed E-state index contributed by atoms with van der Waals surface area (Å²) in [4.78, 5) is 32.6. The zero-order valence-corrected chi connectivity index (χ0v) is 20.2. The molecule has 0 spiro atoms. The molecule has 4 aromatic rings. The maximum absolute atomic E-state index is 13.5. The van der Waals surface area contributed by atoms with Gasteiger partial charge in [-0.1, -0.05) is 29.5 Å². The highest BCUT2D eigenvalue weighted by Crippen LogP contribution is 2.46. The lowest BCUT2D eigenvalue weighted by Gasteiger charge is -2.24. The Morgan fingerprint density at radius 3 is 2.58 bits per heavy atom. The molecule has 1 saturated heterocycles. The van der Waals surface area contributed by atoms with E-state index in [4.69, 9.17) is 9.47 Å². The average Bonchev–Trinajstić information content (AvgIpc) is 3.42. The van der Waals surface area contributed by atoms with E-state index in [-0.39, 0.29) is 16.3 Å². The number of nitrogens with zero attached hydrogens (tertiary/aromatic N) is 2. The van der Waals surface area contributed by atoms with Crippen LogP contribution in [-0.2, 0) is 9.59 Å². The molecule has 3 aromatic carbocycles. The molecule has 1 aliphatic heterocycles. The lowest BCUT2D eigenvalue weighted by Crippen LogP contribution is -2.29. The van der Waals surface area contributed by atoms with Gasteiger partial charge in [0, 0.05) is 11.1 Å². The number of ether oxygens (including phenoxy) is 2. The Balaban J connectivity index is 1.72.